The topological polar surface area (TPSA) is 90.9 Å². The highest BCUT2D eigenvalue weighted by Gasteiger charge is 2.13. The van der Waals surface area contributed by atoms with Gasteiger partial charge in [0.15, 0.2) is 0 Å². The third-order valence-corrected chi connectivity index (χ3v) is 2.12. The molecule has 0 aliphatic rings. The maximum Gasteiger partial charge on any atom is 0.239 e. The molecule has 5 heteroatoms. The molecule has 4 N–H and O–H groups in total. The smallest absolute Gasteiger partial charge is 0.239 e. The molecule has 0 saturated carbocycles. The number of hydrogen-bond donors (Lipinski definition) is 3. The minimum Gasteiger partial charge on any atom is -0.399 e. The van der Waals surface area contributed by atoms with Crippen LogP contribution in [0.5, 0.6) is 0 Å². The van der Waals surface area contributed by atoms with Crippen molar-refractivity contribution < 1.29 is 4.79 Å². The number of rotatable bonds is 3. The predicted octanol–water partition coefficient (Wildman–Crippen LogP) is 1.47. The largest absolute Gasteiger partial charge is 0.399 e. The summed E-state index contributed by atoms with van der Waals surface area (Å²) in [6.45, 7) is 5.86. The minimum absolute atomic E-state index is 0.121. The van der Waals surface area contributed by atoms with Gasteiger partial charge in [-0.1, -0.05) is 0 Å². The predicted molar refractivity (Wildman–Crippen MR) is 72.0 cm³/mol. The fourth-order valence-corrected chi connectivity index (χ4v) is 1.45. The maximum absolute atomic E-state index is 11.6. The molecule has 0 spiro atoms. The Balaban J connectivity index is 2.65. The SMILES string of the molecule is CC(C)(C)NC(=O)CNc1ccc(N)cc1C#N. The Kier molecular flexibility index (Phi) is 4.16. The number of nitriles is 1. The van der Waals surface area contributed by atoms with E-state index in [9.17, 15) is 4.79 Å². The van der Waals surface area contributed by atoms with Crippen molar-refractivity contribution in [2.75, 3.05) is 17.6 Å². The first-order valence-corrected chi connectivity index (χ1v) is 5.66. The molecule has 0 radical (unpaired) electrons. The highest BCUT2D eigenvalue weighted by Crippen LogP contribution is 2.17. The van der Waals surface area contributed by atoms with Crippen LogP contribution in [0.2, 0.25) is 0 Å². The van der Waals surface area contributed by atoms with Crippen LogP contribution in [0.15, 0.2) is 18.2 Å². The molecule has 1 aromatic rings. The monoisotopic (exact) mass is 246 g/mol. The fraction of sp³-hybridized carbons (Fsp3) is 0.385. The van der Waals surface area contributed by atoms with E-state index in [1.54, 1.807) is 18.2 Å². The molecule has 18 heavy (non-hydrogen) atoms. The second kappa shape index (κ2) is 5.41. The summed E-state index contributed by atoms with van der Waals surface area (Å²) >= 11 is 0. The zero-order valence-corrected chi connectivity index (χ0v) is 10.9. The molecule has 1 amide bonds. The van der Waals surface area contributed by atoms with Gasteiger partial charge in [-0.3, -0.25) is 4.79 Å². The van der Waals surface area contributed by atoms with Crippen molar-refractivity contribution in [3.05, 3.63) is 23.8 Å². The van der Waals surface area contributed by atoms with Crippen molar-refractivity contribution in [1.82, 2.24) is 5.32 Å². The van der Waals surface area contributed by atoms with Crippen molar-refractivity contribution in [3.63, 3.8) is 0 Å². The lowest BCUT2D eigenvalue weighted by molar-refractivity contribution is -0.120. The third-order valence-electron chi connectivity index (χ3n) is 2.12. The zero-order chi connectivity index (χ0) is 13.8. The van der Waals surface area contributed by atoms with E-state index in [1.165, 1.54) is 0 Å². The van der Waals surface area contributed by atoms with E-state index >= 15 is 0 Å². The molecular weight excluding hydrogens is 228 g/mol. The molecule has 0 unspecified atom stereocenters. The van der Waals surface area contributed by atoms with E-state index in [0.29, 0.717) is 16.9 Å². The van der Waals surface area contributed by atoms with Gasteiger partial charge in [0.05, 0.1) is 17.8 Å². The van der Waals surface area contributed by atoms with Gasteiger partial charge in [0, 0.05) is 11.2 Å². The zero-order valence-electron chi connectivity index (χ0n) is 10.9. The average Bonchev–Trinajstić information content (AvgIpc) is 2.24. The number of carbonyl (C=O) groups is 1. The Morgan fingerprint density at radius 1 is 1.44 bits per heavy atom. The number of nitrogen functional groups attached to an aromatic ring is 1. The van der Waals surface area contributed by atoms with Crippen LogP contribution in [0.1, 0.15) is 26.3 Å². The van der Waals surface area contributed by atoms with Gasteiger partial charge < -0.3 is 16.4 Å². The van der Waals surface area contributed by atoms with Crippen LogP contribution in [0, 0.1) is 11.3 Å². The molecular formula is C13H18N4O. The highest BCUT2D eigenvalue weighted by molar-refractivity contribution is 5.82. The molecule has 1 aromatic carbocycles. The van der Waals surface area contributed by atoms with E-state index in [1.807, 2.05) is 26.8 Å². The number of amides is 1. The average molecular weight is 246 g/mol. The summed E-state index contributed by atoms with van der Waals surface area (Å²) in [5.41, 5.74) is 6.88. The molecule has 0 aliphatic heterocycles. The summed E-state index contributed by atoms with van der Waals surface area (Å²) in [5, 5.41) is 14.7. The van der Waals surface area contributed by atoms with Gasteiger partial charge in [0.2, 0.25) is 5.91 Å². The first-order valence-electron chi connectivity index (χ1n) is 5.66. The molecule has 0 aliphatic carbocycles. The second-order valence-corrected chi connectivity index (χ2v) is 5.07. The number of nitrogens with one attached hydrogen (secondary N) is 2. The van der Waals surface area contributed by atoms with Crippen molar-refractivity contribution in [3.8, 4) is 6.07 Å². The Morgan fingerprint density at radius 2 is 2.11 bits per heavy atom. The highest BCUT2D eigenvalue weighted by atomic mass is 16.2. The van der Waals surface area contributed by atoms with Gasteiger partial charge in [-0.15, -0.1) is 0 Å². The molecule has 1 rings (SSSR count). The van der Waals surface area contributed by atoms with Crippen LogP contribution >= 0.6 is 0 Å². The fourth-order valence-electron chi connectivity index (χ4n) is 1.45. The van der Waals surface area contributed by atoms with Crippen molar-refractivity contribution in [2.24, 2.45) is 0 Å². The molecule has 5 nitrogen and oxygen atoms in total. The lowest BCUT2D eigenvalue weighted by Gasteiger charge is -2.20. The van der Waals surface area contributed by atoms with E-state index in [0.717, 1.165) is 0 Å². The summed E-state index contributed by atoms with van der Waals surface area (Å²) < 4.78 is 0. The number of nitrogens with zero attached hydrogens (tertiary/aromatic N) is 1. The summed E-state index contributed by atoms with van der Waals surface area (Å²) in [6, 6.07) is 6.99. The van der Waals surface area contributed by atoms with Crippen LogP contribution in [0.25, 0.3) is 0 Å². The quantitative estimate of drug-likeness (QED) is 0.704. The van der Waals surface area contributed by atoms with E-state index in [4.69, 9.17) is 11.0 Å². The van der Waals surface area contributed by atoms with Crippen LogP contribution in [0.4, 0.5) is 11.4 Å². The van der Waals surface area contributed by atoms with Crippen molar-refractivity contribution in [2.45, 2.75) is 26.3 Å². The van der Waals surface area contributed by atoms with Gasteiger partial charge >= 0.3 is 0 Å². The third kappa shape index (κ3) is 4.34. The molecule has 0 saturated heterocycles. The van der Waals surface area contributed by atoms with Crippen molar-refractivity contribution >= 4 is 17.3 Å². The van der Waals surface area contributed by atoms with Gasteiger partial charge in [0.1, 0.15) is 6.07 Å². The summed E-state index contributed by atoms with van der Waals surface area (Å²) in [4.78, 5) is 11.6. The van der Waals surface area contributed by atoms with Gasteiger partial charge in [-0.25, -0.2) is 0 Å². The number of hydrogen-bond acceptors (Lipinski definition) is 4. The van der Waals surface area contributed by atoms with E-state index in [-0.39, 0.29) is 18.0 Å². The van der Waals surface area contributed by atoms with Crippen LogP contribution in [-0.2, 0) is 4.79 Å². The molecule has 0 aromatic heterocycles. The van der Waals surface area contributed by atoms with Crippen LogP contribution in [0.3, 0.4) is 0 Å². The molecule has 0 fully saturated rings. The van der Waals surface area contributed by atoms with E-state index in [2.05, 4.69) is 10.6 Å². The second-order valence-electron chi connectivity index (χ2n) is 5.07. The van der Waals surface area contributed by atoms with Crippen LogP contribution in [-0.4, -0.2) is 18.0 Å². The molecule has 0 bridgehead atoms. The Morgan fingerprint density at radius 3 is 2.67 bits per heavy atom. The molecule has 96 valence electrons. The summed E-state index contributed by atoms with van der Waals surface area (Å²) in [7, 11) is 0. The first-order chi connectivity index (χ1) is 8.31. The molecule has 0 atom stereocenters. The van der Waals surface area contributed by atoms with Gasteiger partial charge in [-0.2, -0.15) is 5.26 Å². The van der Waals surface area contributed by atoms with Crippen molar-refractivity contribution in [1.29, 1.82) is 5.26 Å². The van der Waals surface area contributed by atoms with Crippen LogP contribution < -0.4 is 16.4 Å². The standard InChI is InChI=1S/C13H18N4O/c1-13(2,3)17-12(18)8-16-11-5-4-10(15)6-9(11)7-14/h4-6,16H,8,15H2,1-3H3,(H,17,18). The summed E-state index contributed by atoms with van der Waals surface area (Å²) in [5.74, 6) is -0.122. The van der Waals surface area contributed by atoms with Gasteiger partial charge in [-0.05, 0) is 39.0 Å². The Hall–Kier alpha value is -2.22. The number of nitrogens with two attached hydrogens (primary N) is 1. The van der Waals surface area contributed by atoms with E-state index < -0.39 is 0 Å². The number of benzene rings is 1. The first kappa shape index (κ1) is 13.8. The Labute approximate surface area is 107 Å². The van der Waals surface area contributed by atoms with Gasteiger partial charge in [0.25, 0.3) is 0 Å². The summed E-state index contributed by atoms with van der Waals surface area (Å²) in [6.07, 6.45) is 0. The Bertz CT molecular complexity index is 483. The lowest BCUT2D eigenvalue weighted by Crippen LogP contribution is -2.43. The normalized spacial score (nSPS) is 10.6. The number of anilines is 2. The maximum atomic E-state index is 11.6. The minimum atomic E-state index is -0.266. The number of carbonyl (C=O) groups excluding carboxylic acids is 1. The molecule has 0 heterocycles. The lowest BCUT2D eigenvalue weighted by atomic mass is 10.1.